The largest absolute Gasteiger partial charge is 0.457 e. The topological polar surface area (TPSA) is 36.9 Å². The van der Waals surface area contributed by atoms with Crippen LogP contribution < -0.4 is 10.4 Å². The van der Waals surface area contributed by atoms with Gasteiger partial charge in [0.1, 0.15) is 0 Å². The van der Waals surface area contributed by atoms with E-state index in [1.165, 1.54) is 0 Å². The number of benzene rings is 2. The fourth-order valence-corrected chi connectivity index (χ4v) is 7.02. The smallest absolute Gasteiger partial charge is 0.385 e. The van der Waals surface area contributed by atoms with E-state index in [2.05, 4.69) is 11.1 Å². The number of hydrogen-bond acceptors (Lipinski definition) is 4. The van der Waals surface area contributed by atoms with Crippen molar-refractivity contribution in [2.24, 2.45) is 0 Å². The highest BCUT2D eigenvalue weighted by Crippen LogP contribution is 2.09. The van der Waals surface area contributed by atoms with E-state index in [9.17, 15) is 0 Å². The molecule has 0 spiro atoms. The molecule has 126 valence electrons. The molecule has 0 aromatic heterocycles. The first-order valence-corrected chi connectivity index (χ1v) is 11.2. The zero-order valence-corrected chi connectivity index (χ0v) is 16.4. The number of rotatable bonds is 6. The second kappa shape index (κ2) is 8.39. The molecule has 0 aliphatic heterocycles. The summed E-state index contributed by atoms with van der Waals surface area (Å²) in [6.45, 7) is 0. The summed E-state index contributed by atoms with van der Waals surface area (Å²) in [5, 5.41) is 1.90. The van der Waals surface area contributed by atoms with Crippen LogP contribution in [-0.2, 0) is 17.7 Å². The van der Waals surface area contributed by atoms with Gasteiger partial charge >= 0.3 is 17.1 Å². The molecule has 6 heteroatoms. The molecule has 0 bridgehead atoms. The molecule has 0 radical (unpaired) electrons. The van der Waals surface area contributed by atoms with Crippen LogP contribution in [0.4, 0.5) is 0 Å². The Bertz CT molecular complexity index is 628. The quantitative estimate of drug-likeness (QED) is 0.577. The molecule has 0 aliphatic rings. The van der Waals surface area contributed by atoms with Gasteiger partial charge in [0.05, 0.1) is 0 Å². The molecule has 0 aliphatic carbocycles. The first kappa shape index (κ1) is 18.6. The van der Waals surface area contributed by atoms with E-state index >= 15 is 0 Å². The van der Waals surface area contributed by atoms with Gasteiger partial charge in [-0.3, -0.25) is 0 Å². The Balaban J connectivity index is 2.52. The molecule has 0 saturated carbocycles. The highest BCUT2D eigenvalue weighted by molar-refractivity contribution is 6.93. The van der Waals surface area contributed by atoms with Crippen molar-refractivity contribution in [1.82, 2.24) is 0 Å². The van der Waals surface area contributed by atoms with Crippen LogP contribution in [0.1, 0.15) is 0 Å². The van der Waals surface area contributed by atoms with Gasteiger partial charge in [0.2, 0.25) is 0 Å². The second-order valence-electron chi connectivity index (χ2n) is 5.03. The summed E-state index contributed by atoms with van der Waals surface area (Å²) < 4.78 is 23.0. The minimum atomic E-state index is -2.88. The summed E-state index contributed by atoms with van der Waals surface area (Å²) in [6, 6.07) is 19.6. The molecular weight excluding hydrogens is 336 g/mol. The Kier molecular flexibility index (Phi) is 6.51. The van der Waals surface area contributed by atoms with Crippen LogP contribution in [0.3, 0.4) is 0 Å². The molecule has 0 amide bonds. The maximum Gasteiger partial charge on any atom is 0.457 e. The van der Waals surface area contributed by atoms with Crippen molar-refractivity contribution in [1.29, 1.82) is 0 Å². The lowest BCUT2D eigenvalue weighted by Gasteiger charge is -2.24. The summed E-state index contributed by atoms with van der Waals surface area (Å²) >= 11 is 0. The molecule has 24 heavy (non-hydrogen) atoms. The zero-order valence-electron chi connectivity index (χ0n) is 14.4. The Morgan fingerprint density at radius 3 is 1.08 bits per heavy atom. The lowest BCUT2D eigenvalue weighted by atomic mass is 10.4. The highest BCUT2D eigenvalue weighted by atomic mass is 28.4. The molecule has 0 saturated heterocycles. The molecular formula is C18H22O4Si2. The first-order chi connectivity index (χ1) is 11.7. The normalized spacial score (nSPS) is 11.7. The summed E-state index contributed by atoms with van der Waals surface area (Å²) in [6.07, 6.45) is 0. The highest BCUT2D eigenvalue weighted by Gasteiger charge is 2.41. The van der Waals surface area contributed by atoms with Crippen LogP contribution in [-0.4, -0.2) is 45.6 Å². The fourth-order valence-electron chi connectivity index (χ4n) is 2.47. The van der Waals surface area contributed by atoms with E-state index in [-0.39, 0.29) is 0 Å². The van der Waals surface area contributed by atoms with Crippen LogP contribution in [0, 0.1) is 11.1 Å². The third-order valence-electron chi connectivity index (χ3n) is 3.85. The van der Waals surface area contributed by atoms with Gasteiger partial charge in [-0.05, 0) is 0 Å². The molecule has 0 atom stereocenters. The van der Waals surface area contributed by atoms with Crippen molar-refractivity contribution in [3.8, 4) is 11.1 Å². The predicted molar refractivity (Wildman–Crippen MR) is 99.5 cm³/mol. The van der Waals surface area contributed by atoms with E-state index in [0.29, 0.717) is 0 Å². The van der Waals surface area contributed by atoms with E-state index in [1.807, 2.05) is 60.7 Å². The van der Waals surface area contributed by atoms with E-state index in [0.717, 1.165) is 10.4 Å². The van der Waals surface area contributed by atoms with Crippen LogP contribution in [0.15, 0.2) is 60.7 Å². The van der Waals surface area contributed by atoms with Gasteiger partial charge < -0.3 is 17.7 Å². The fraction of sp³-hybridized carbons (Fsp3) is 0.222. The lowest BCUT2D eigenvalue weighted by Crippen LogP contribution is -2.55. The molecule has 0 heterocycles. The number of hydrogen-bond donors (Lipinski definition) is 0. The van der Waals surface area contributed by atoms with Crippen molar-refractivity contribution in [2.45, 2.75) is 0 Å². The molecule has 2 rings (SSSR count). The van der Waals surface area contributed by atoms with E-state index in [4.69, 9.17) is 17.7 Å². The summed E-state index contributed by atoms with van der Waals surface area (Å²) in [5.41, 5.74) is 6.49. The van der Waals surface area contributed by atoms with E-state index < -0.39 is 17.1 Å². The lowest BCUT2D eigenvalue weighted by molar-refractivity contribution is 0.270. The Hall–Kier alpha value is -1.73. The summed E-state index contributed by atoms with van der Waals surface area (Å²) in [4.78, 5) is 0. The molecule has 0 N–H and O–H groups in total. The average Bonchev–Trinajstić information content (AvgIpc) is 2.68. The summed E-state index contributed by atoms with van der Waals surface area (Å²) in [5.74, 6) is 0. The molecule has 2 aromatic carbocycles. The third kappa shape index (κ3) is 3.67. The minimum absolute atomic E-state index is 0.950. The molecule has 2 aromatic rings. The van der Waals surface area contributed by atoms with Gasteiger partial charge in [0.15, 0.2) is 0 Å². The van der Waals surface area contributed by atoms with Crippen molar-refractivity contribution in [2.75, 3.05) is 28.4 Å². The molecule has 4 nitrogen and oxygen atoms in total. The van der Waals surface area contributed by atoms with Gasteiger partial charge in [-0.25, -0.2) is 0 Å². The Morgan fingerprint density at radius 2 is 0.833 bits per heavy atom. The van der Waals surface area contributed by atoms with Crippen molar-refractivity contribution in [3.63, 3.8) is 0 Å². The third-order valence-corrected chi connectivity index (χ3v) is 9.49. The Labute approximate surface area is 145 Å². The minimum Gasteiger partial charge on any atom is -0.385 e. The van der Waals surface area contributed by atoms with Crippen LogP contribution in [0.25, 0.3) is 0 Å². The van der Waals surface area contributed by atoms with Crippen molar-refractivity contribution < 1.29 is 17.7 Å². The second-order valence-corrected chi connectivity index (χ2v) is 10.8. The van der Waals surface area contributed by atoms with Crippen LogP contribution in [0.2, 0.25) is 0 Å². The van der Waals surface area contributed by atoms with Gasteiger partial charge in [-0.15, -0.1) is 0 Å². The van der Waals surface area contributed by atoms with Gasteiger partial charge in [0, 0.05) is 38.8 Å². The maximum absolute atomic E-state index is 5.75. The monoisotopic (exact) mass is 358 g/mol. The standard InChI is InChI=1S/C18H22O4Si2/c1-19-23(20-2,17-11-7-5-8-12-17)15-16-24(21-3,22-4)18-13-9-6-10-14-18/h5-14H,1-4H3. The van der Waals surface area contributed by atoms with Crippen LogP contribution >= 0.6 is 0 Å². The average molecular weight is 359 g/mol. The zero-order chi connectivity index (χ0) is 17.5. The first-order valence-electron chi connectivity index (χ1n) is 7.52. The van der Waals surface area contributed by atoms with Gasteiger partial charge in [-0.1, -0.05) is 71.8 Å². The van der Waals surface area contributed by atoms with E-state index in [1.54, 1.807) is 28.4 Å². The van der Waals surface area contributed by atoms with Crippen molar-refractivity contribution >= 4 is 27.5 Å². The van der Waals surface area contributed by atoms with Gasteiger partial charge in [-0.2, -0.15) is 0 Å². The Morgan fingerprint density at radius 1 is 0.542 bits per heavy atom. The maximum atomic E-state index is 5.75. The SMILES string of the molecule is CO[Si](C#C[Si](OC)(OC)c1ccccc1)(OC)c1ccccc1. The predicted octanol–water partition coefficient (Wildman–Crippen LogP) is 1.35. The van der Waals surface area contributed by atoms with Crippen LogP contribution in [0.5, 0.6) is 0 Å². The summed E-state index contributed by atoms with van der Waals surface area (Å²) in [7, 11) is 0.749. The molecule has 0 fully saturated rings. The van der Waals surface area contributed by atoms with Gasteiger partial charge in [0.25, 0.3) is 0 Å². The molecule has 0 unspecified atom stereocenters. The van der Waals surface area contributed by atoms with Crippen molar-refractivity contribution in [3.05, 3.63) is 60.7 Å².